The predicted octanol–water partition coefficient (Wildman–Crippen LogP) is 5.86. The maximum atomic E-state index is 14.6. The summed E-state index contributed by atoms with van der Waals surface area (Å²) in [5.74, 6) is -1.70. The first kappa shape index (κ1) is 17.1. The van der Waals surface area contributed by atoms with E-state index in [1.807, 2.05) is 6.08 Å². The minimum absolute atomic E-state index is 0.0833. The summed E-state index contributed by atoms with van der Waals surface area (Å²) in [6, 6.07) is 2.81. The molecule has 0 unspecified atom stereocenters. The number of rotatable bonds is 5. The molecular formula is C18H20F4O2. The van der Waals surface area contributed by atoms with Crippen LogP contribution >= 0.6 is 0 Å². The van der Waals surface area contributed by atoms with Crippen LogP contribution in [0.5, 0.6) is 11.5 Å². The van der Waals surface area contributed by atoms with Gasteiger partial charge in [0.1, 0.15) is 0 Å². The third-order valence-electron chi connectivity index (χ3n) is 4.60. The topological polar surface area (TPSA) is 18.5 Å². The highest BCUT2D eigenvalue weighted by Crippen LogP contribution is 2.39. The van der Waals surface area contributed by atoms with E-state index < -0.39 is 17.9 Å². The van der Waals surface area contributed by atoms with Crippen molar-refractivity contribution in [2.24, 2.45) is 5.92 Å². The second-order valence-corrected chi connectivity index (χ2v) is 6.42. The standard InChI is InChI=1S/C18H20F4O2/c19-16-13(9-8-12-4-3-5-12)10-11-15(17(16)24-18(20,21)22)23-14-6-1-2-7-14/h8-12,14H,1-7H2/b9-8+. The monoisotopic (exact) mass is 344 g/mol. The van der Waals surface area contributed by atoms with Crippen LogP contribution in [0.4, 0.5) is 17.6 Å². The Morgan fingerprint density at radius 1 is 1.00 bits per heavy atom. The van der Waals surface area contributed by atoms with Crippen molar-refractivity contribution in [3.8, 4) is 11.5 Å². The summed E-state index contributed by atoms with van der Waals surface area (Å²) in [7, 11) is 0. The van der Waals surface area contributed by atoms with E-state index in [9.17, 15) is 17.6 Å². The third kappa shape index (κ3) is 4.22. The van der Waals surface area contributed by atoms with Gasteiger partial charge in [0.2, 0.25) is 5.75 Å². The predicted molar refractivity (Wildman–Crippen MR) is 82.3 cm³/mol. The molecule has 0 spiro atoms. The highest BCUT2D eigenvalue weighted by Gasteiger charge is 2.35. The summed E-state index contributed by atoms with van der Waals surface area (Å²) in [6.07, 6.45) is 4.87. The molecule has 0 N–H and O–H groups in total. The Morgan fingerprint density at radius 2 is 1.71 bits per heavy atom. The van der Waals surface area contributed by atoms with Crippen molar-refractivity contribution < 1.29 is 27.0 Å². The largest absolute Gasteiger partial charge is 0.573 e. The molecule has 2 fully saturated rings. The molecule has 2 aliphatic rings. The molecule has 2 aliphatic carbocycles. The van der Waals surface area contributed by atoms with Gasteiger partial charge in [0.05, 0.1) is 6.10 Å². The molecule has 0 aromatic heterocycles. The van der Waals surface area contributed by atoms with Gasteiger partial charge >= 0.3 is 6.36 Å². The van der Waals surface area contributed by atoms with Crippen LogP contribution in [-0.4, -0.2) is 12.5 Å². The molecule has 0 bridgehead atoms. The first-order valence-corrected chi connectivity index (χ1v) is 8.35. The molecule has 24 heavy (non-hydrogen) atoms. The molecule has 2 nitrogen and oxygen atoms in total. The zero-order valence-electron chi connectivity index (χ0n) is 13.2. The van der Waals surface area contributed by atoms with Gasteiger partial charge in [-0.15, -0.1) is 13.2 Å². The van der Waals surface area contributed by atoms with Crippen molar-refractivity contribution >= 4 is 6.08 Å². The van der Waals surface area contributed by atoms with Crippen LogP contribution in [0.25, 0.3) is 6.08 Å². The lowest BCUT2D eigenvalue weighted by Gasteiger charge is -2.21. The molecule has 0 saturated heterocycles. The van der Waals surface area contributed by atoms with E-state index in [0.717, 1.165) is 44.9 Å². The molecular weight excluding hydrogens is 324 g/mol. The number of ether oxygens (including phenoxy) is 2. The number of benzene rings is 1. The Hall–Kier alpha value is -1.72. The number of hydrogen-bond acceptors (Lipinski definition) is 2. The van der Waals surface area contributed by atoms with E-state index in [-0.39, 0.29) is 17.4 Å². The first-order valence-electron chi connectivity index (χ1n) is 8.35. The molecule has 132 valence electrons. The first-order chi connectivity index (χ1) is 11.4. The summed E-state index contributed by atoms with van der Waals surface area (Å²) < 4.78 is 62.0. The molecule has 3 rings (SSSR count). The minimum atomic E-state index is -4.97. The zero-order chi connectivity index (χ0) is 17.2. The van der Waals surface area contributed by atoms with Crippen LogP contribution in [0, 0.1) is 11.7 Å². The van der Waals surface area contributed by atoms with Crippen LogP contribution in [0.1, 0.15) is 50.5 Å². The molecule has 0 heterocycles. The Labute approximate surface area is 138 Å². The maximum Gasteiger partial charge on any atom is 0.573 e. The van der Waals surface area contributed by atoms with Gasteiger partial charge in [0.15, 0.2) is 11.6 Å². The summed E-state index contributed by atoms with van der Waals surface area (Å²) in [5.41, 5.74) is 0.0833. The van der Waals surface area contributed by atoms with Crippen molar-refractivity contribution in [3.05, 3.63) is 29.6 Å². The van der Waals surface area contributed by atoms with Crippen LogP contribution in [-0.2, 0) is 0 Å². The molecule has 0 atom stereocenters. The van der Waals surface area contributed by atoms with E-state index in [1.165, 1.54) is 18.2 Å². The molecule has 6 heteroatoms. The van der Waals surface area contributed by atoms with E-state index >= 15 is 0 Å². The Morgan fingerprint density at radius 3 is 2.29 bits per heavy atom. The SMILES string of the molecule is Fc1c(/C=C/C2CCC2)ccc(OC2CCCC2)c1OC(F)(F)F. The lowest BCUT2D eigenvalue weighted by atomic mass is 9.85. The minimum Gasteiger partial charge on any atom is -0.486 e. The van der Waals surface area contributed by atoms with Gasteiger partial charge in [-0.05, 0) is 56.6 Å². The van der Waals surface area contributed by atoms with E-state index in [0.29, 0.717) is 5.92 Å². The van der Waals surface area contributed by atoms with Gasteiger partial charge in [0.25, 0.3) is 0 Å². The Kier molecular flexibility index (Phi) is 5.01. The van der Waals surface area contributed by atoms with Gasteiger partial charge in [-0.1, -0.05) is 18.6 Å². The smallest absolute Gasteiger partial charge is 0.486 e. The van der Waals surface area contributed by atoms with E-state index in [2.05, 4.69) is 4.74 Å². The Balaban J connectivity index is 1.86. The quantitative estimate of drug-likeness (QED) is 0.623. The number of halogens is 4. The summed E-state index contributed by atoms with van der Waals surface area (Å²) in [6.45, 7) is 0. The average Bonchev–Trinajstić information content (AvgIpc) is 2.95. The lowest BCUT2D eigenvalue weighted by molar-refractivity contribution is -0.276. The van der Waals surface area contributed by atoms with Crippen molar-refractivity contribution in [2.75, 3.05) is 0 Å². The molecule has 1 aromatic carbocycles. The lowest BCUT2D eigenvalue weighted by Crippen LogP contribution is -2.20. The molecule has 2 saturated carbocycles. The van der Waals surface area contributed by atoms with E-state index in [4.69, 9.17) is 4.74 Å². The summed E-state index contributed by atoms with van der Waals surface area (Å²) in [5, 5.41) is 0. The van der Waals surface area contributed by atoms with Crippen LogP contribution in [0.3, 0.4) is 0 Å². The zero-order valence-corrected chi connectivity index (χ0v) is 13.2. The van der Waals surface area contributed by atoms with Gasteiger partial charge in [-0.3, -0.25) is 0 Å². The highest BCUT2D eigenvalue weighted by atomic mass is 19.4. The number of allylic oxidation sites excluding steroid dienone is 1. The van der Waals surface area contributed by atoms with Gasteiger partial charge < -0.3 is 9.47 Å². The molecule has 0 aliphatic heterocycles. The second kappa shape index (κ2) is 7.03. The second-order valence-electron chi connectivity index (χ2n) is 6.42. The fourth-order valence-corrected chi connectivity index (χ4v) is 3.04. The van der Waals surface area contributed by atoms with Crippen LogP contribution in [0.15, 0.2) is 18.2 Å². The number of hydrogen-bond donors (Lipinski definition) is 0. The molecule has 1 aromatic rings. The van der Waals surface area contributed by atoms with Crippen LogP contribution in [0.2, 0.25) is 0 Å². The fourth-order valence-electron chi connectivity index (χ4n) is 3.04. The fraction of sp³-hybridized carbons (Fsp3) is 0.556. The molecule has 0 radical (unpaired) electrons. The third-order valence-corrected chi connectivity index (χ3v) is 4.60. The van der Waals surface area contributed by atoms with E-state index in [1.54, 1.807) is 0 Å². The summed E-state index contributed by atoms with van der Waals surface area (Å²) >= 11 is 0. The molecule has 0 amide bonds. The van der Waals surface area contributed by atoms with Crippen molar-refractivity contribution in [2.45, 2.75) is 57.4 Å². The van der Waals surface area contributed by atoms with Crippen molar-refractivity contribution in [1.82, 2.24) is 0 Å². The average molecular weight is 344 g/mol. The Bertz CT molecular complexity index is 600. The van der Waals surface area contributed by atoms with Gasteiger partial charge in [0, 0.05) is 5.56 Å². The van der Waals surface area contributed by atoms with Crippen molar-refractivity contribution in [3.63, 3.8) is 0 Å². The van der Waals surface area contributed by atoms with Crippen molar-refractivity contribution in [1.29, 1.82) is 0 Å². The van der Waals surface area contributed by atoms with Crippen LogP contribution < -0.4 is 9.47 Å². The normalized spacial score (nSPS) is 19.7. The highest BCUT2D eigenvalue weighted by molar-refractivity contribution is 5.57. The van der Waals surface area contributed by atoms with Gasteiger partial charge in [-0.2, -0.15) is 0 Å². The van der Waals surface area contributed by atoms with Gasteiger partial charge in [-0.25, -0.2) is 4.39 Å². The maximum absolute atomic E-state index is 14.6. The summed E-state index contributed by atoms with van der Waals surface area (Å²) in [4.78, 5) is 0. The number of alkyl halides is 3.